The third-order valence-corrected chi connectivity index (χ3v) is 5.95. The SMILES string of the molecule is CC(C)N(Cc1ccccc1)C(=O)CN1C(=O)NC(c2ccccc2)(c2ccccc2)C1=O. The number of hydrogen-bond acceptors (Lipinski definition) is 3. The Hall–Kier alpha value is -3.93. The average Bonchev–Trinajstić information content (AvgIpc) is 3.09. The van der Waals surface area contributed by atoms with Crippen molar-refractivity contribution in [3.63, 3.8) is 0 Å². The van der Waals surface area contributed by atoms with Gasteiger partial charge in [0.1, 0.15) is 6.54 Å². The van der Waals surface area contributed by atoms with Gasteiger partial charge in [-0.1, -0.05) is 91.0 Å². The van der Waals surface area contributed by atoms with Gasteiger partial charge in [0.15, 0.2) is 5.54 Å². The molecule has 1 saturated heterocycles. The topological polar surface area (TPSA) is 69.7 Å². The van der Waals surface area contributed by atoms with Crippen molar-refractivity contribution < 1.29 is 14.4 Å². The molecular weight excluding hydrogens is 414 g/mol. The molecule has 33 heavy (non-hydrogen) atoms. The first-order valence-electron chi connectivity index (χ1n) is 11.0. The van der Waals surface area contributed by atoms with Gasteiger partial charge < -0.3 is 10.2 Å². The lowest BCUT2D eigenvalue weighted by atomic mass is 9.82. The van der Waals surface area contributed by atoms with Gasteiger partial charge in [-0.2, -0.15) is 0 Å². The summed E-state index contributed by atoms with van der Waals surface area (Å²) in [6.45, 7) is 3.93. The van der Waals surface area contributed by atoms with Gasteiger partial charge in [0, 0.05) is 12.6 Å². The van der Waals surface area contributed by atoms with E-state index in [4.69, 9.17) is 0 Å². The van der Waals surface area contributed by atoms with Gasteiger partial charge in [0.05, 0.1) is 0 Å². The molecule has 1 aliphatic rings. The Kier molecular flexibility index (Phi) is 6.27. The third-order valence-electron chi connectivity index (χ3n) is 5.95. The van der Waals surface area contributed by atoms with Crippen molar-refractivity contribution in [2.75, 3.05) is 6.54 Å². The fourth-order valence-electron chi connectivity index (χ4n) is 4.22. The molecule has 1 aliphatic heterocycles. The van der Waals surface area contributed by atoms with Crippen LogP contribution in [0.3, 0.4) is 0 Å². The fourth-order valence-corrected chi connectivity index (χ4v) is 4.22. The minimum Gasteiger partial charge on any atom is -0.334 e. The van der Waals surface area contributed by atoms with Crippen molar-refractivity contribution in [2.24, 2.45) is 0 Å². The van der Waals surface area contributed by atoms with E-state index >= 15 is 0 Å². The van der Waals surface area contributed by atoms with E-state index in [1.54, 1.807) is 4.90 Å². The minimum atomic E-state index is -1.37. The van der Waals surface area contributed by atoms with Gasteiger partial charge in [-0.15, -0.1) is 0 Å². The number of hydrogen-bond donors (Lipinski definition) is 1. The highest BCUT2D eigenvalue weighted by molar-refractivity contribution is 6.11. The molecule has 168 valence electrons. The highest BCUT2D eigenvalue weighted by Gasteiger charge is 2.54. The number of nitrogens with zero attached hydrogens (tertiary/aromatic N) is 2. The zero-order valence-corrected chi connectivity index (χ0v) is 18.8. The molecule has 0 saturated carbocycles. The van der Waals surface area contributed by atoms with Crippen molar-refractivity contribution in [1.82, 2.24) is 15.1 Å². The van der Waals surface area contributed by atoms with Gasteiger partial charge in [-0.05, 0) is 30.5 Å². The van der Waals surface area contributed by atoms with Crippen molar-refractivity contribution >= 4 is 17.8 Å². The van der Waals surface area contributed by atoms with Crippen molar-refractivity contribution in [3.8, 4) is 0 Å². The molecule has 1 N–H and O–H groups in total. The van der Waals surface area contributed by atoms with Gasteiger partial charge in [-0.3, -0.25) is 14.5 Å². The van der Waals surface area contributed by atoms with Crippen LogP contribution in [0, 0.1) is 0 Å². The van der Waals surface area contributed by atoms with Crippen LogP contribution in [-0.4, -0.2) is 40.2 Å². The summed E-state index contributed by atoms with van der Waals surface area (Å²) in [5.74, 6) is -0.740. The molecule has 0 spiro atoms. The summed E-state index contributed by atoms with van der Waals surface area (Å²) in [6.07, 6.45) is 0. The predicted octanol–water partition coefficient (Wildman–Crippen LogP) is 3.92. The summed E-state index contributed by atoms with van der Waals surface area (Å²) in [4.78, 5) is 42.8. The molecule has 6 heteroatoms. The van der Waals surface area contributed by atoms with E-state index < -0.39 is 17.5 Å². The quantitative estimate of drug-likeness (QED) is 0.565. The molecule has 0 radical (unpaired) electrons. The van der Waals surface area contributed by atoms with Gasteiger partial charge in [0.25, 0.3) is 5.91 Å². The number of carbonyl (C=O) groups is 3. The Bertz CT molecular complexity index is 1090. The molecular formula is C27H27N3O3. The number of benzene rings is 3. The van der Waals surface area contributed by atoms with Crippen LogP contribution in [0.15, 0.2) is 91.0 Å². The van der Waals surface area contributed by atoms with Crippen LogP contribution in [0.1, 0.15) is 30.5 Å². The highest BCUT2D eigenvalue weighted by atomic mass is 16.2. The van der Waals surface area contributed by atoms with Gasteiger partial charge in [-0.25, -0.2) is 4.79 Å². The lowest BCUT2D eigenvalue weighted by molar-refractivity contribution is -0.140. The zero-order valence-electron chi connectivity index (χ0n) is 18.8. The highest BCUT2D eigenvalue weighted by Crippen LogP contribution is 2.36. The van der Waals surface area contributed by atoms with Gasteiger partial charge in [0.2, 0.25) is 5.91 Å². The summed E-state index contributed by atoms with van der Waals surface area (Å²) in [7, 11) is 0. The molecule has 0 atom stereocenters. The van der Waals surface area contributed by atoms with Crippen LogP contribution < -0.4 is 5.32 Å². The van der Waals surface area contributed by atoms with Crippen LogP contribution in [0.4, 0.5) is 4.79 Å². The number of imide groups is 1. The van der Waals surface area contributed by atoms with E-state index in [1.165, 1.54) is 0 Å². The number of urea groups is 1. The summed E-state index contributed by atoms with van der Waals surface area (Å²) in [6, 6.07) is 27.3. The fraction of sp³-hybridized carbons (Fsp3) is 0.222. The second-order valence-electron chi connectivity index (χ2n) is 8.40. The first-order valence-corrected chi connectivity index (χ1v) is 11.0. The monoisotopic (exact) mass is 441 g/mol. The Morgan fingerprint density at radius 3 is 1.82 bits per heavy atom. The molecule has 0 bridgehead atoms. The van der Waals surface area contributed by atoms with Crippen LogP contribution in [0.2, 0.25) is 0 Å². The van der Waals surface area contributed by atoms with Crippen molar-refractivity contribution in [3.05, 3.63) is 108 Å². The summed E-state index contributed by atoms with van der Waals surface area (Å²) >= 11 is 0. The molecule has 0 unspecified atom stereocenters. The Labute approximate surface area is 193 Å². The maximum atomic E-state index is 13.8. The zero-order chi connectivity index (χ0) is 23.4. The van der Waals surface area contributed by atoms with Gasteiger partial charge >= 0.3 is 6.03 Å². The van der Waals surface area contributed by atoms with E-state index in [1.807, 2.05) is 105 Å². The normalized spacial score (nSPS) is 14.9. The molecule has 1 fully saturated rings. The lowest BCUT2D eigenvalue weighted by Gasteiger charge is -2.30. The molecule has 0 aromatic heterocycles. The lowest BCUT2D eigenvalue weighted by Crippen LogP contribution is -2.47. The van der Waals surface area contributed by atoms with E-state index in [0.717, 1.165) is 10.5 Å². The van der Waals surface area contributed by atoms with Crippen molar-refractivity contribution in [2.45, 2.75) is 32.0 Å². The molecule has 4 amide bonds. The molecule has 3 aromatic rings. The Morgan fingerprint density at radius 2 is 1.33 bits per heavy atom. The Morgan fingerprint density at radius 1 is 0.848 bits per heavy atom. The average molecular weight is 442 g/mol. The largest absolute Gasteiger partial charge is 0.334 e. The molecule has 3 aromatic carbocycles. The maximum absolute atomic E-state index is 13.8. The first-order chi connectivity index (χ1) is 15.9. The van der Waals surface area contributed by atoms with E-state index in [9.17, 15) is 14.4 Å². The van der Waals surface area contributed by atoms with E-state index in [2.05, 4.69) is 5.32 Å². The van der Waals surface area contributed by atoms with E-state index in [-0.39, 0.29) is 18.5 Å². The second kappa shape index (κ2) is 9.28. The summed E-state index contributed by atoms with van der Waals surface area (Å²) < 4.78 is 0. The van der Waals surface area contributed by atoms with E-state index in [0.29, 0.717) is 17.7 Å². The number of rotatable bonds is 7. The van der Waals surface area contributed by atoms with Crippen molar-refractivity contribution in [1.29, 1.82) is 0 Å². The molecule has 1 heterocycles. The second-order valence-corrected chi connectivity index (χ2v) is 8.40. The maximum Gasteiger partial charge on any atom is 0.326 e. The molecule has 4 rings (SSSR count). The smallest absolute Gasteiger partial charge is 0.326 e. The first kappa shape index (κ1) is 22.3. The molecule has 6 nitrogen and oxygen atoms in total. The van der Waals surface area contributed by atoms with Crippen LogP contribution >= 0.6 is 0 Å². The summed E-state index contributed by atoms with van der Waals surface area (Å²) in [5.41, 5.74) is 0.908. The predicted molar refractivity (Wildman–Crippen MR) is 126 cm³/mol. The third kappa shape index (κ3) is 4.24. The van der Waals surface area contributed by atoms with Crippen LogP contribution in [0.5, 0.6) is 0 Å². The number of amides is 4. The summed E-state index contributed by atoms with van der Waals surface area (Å²) in [5, 5.41) is 2.89. The Balaban J connectivity index is 1.64. The van der Waals surface area contributed by atoms with Crippen LogP contribution in [-0.2, 0) is 21.7 Å². The minimum absolute atomic E-state index is 0.0912. The van der Waals surface area contributed by atoms with Crippen LogP contribution in [0.25, 0.3) is 0 Å². The number of carbonyl (C=O) groups excluding carboxylic acids is 3. The standard InChI is InChI=1S/C27H27N3O3/c1-20(2)29(18-21-12-6-3-7-13-21)24(31)19-30-25(32)27(28-26(30)33,22-14-8-4-9-15-22)23-16-10-5-11-17-23/h3-17,20H,18-19H2,1-2H3,(H,28,33). The molecule has 0 aliphatic carbocycles. The number of nitrogens with one attached hydrogen (secondary N) is 1.